The van der Waals surface area contributed by atoms with Crippen LogP contribution in [0.3, 0.4) is 0 Å². The Morgan fingerprint density at radius 2 is 1.79 bits per heavy atom. The molecule has 1 aliphatic heterocycles. The average Bonchev–Trinajstić information content (AvgIpc) is 2.55. The normalized spacial score (nSPS) is 12.6. The Labute approximate surface area is 151 Å². The number of hydrogen-bond acceptors (Lipinski definition) is 4. The molecule has 1 aliphatic rings. The molecule has 24 heavy (non-hydrogen) atoms. The number of nitrogens with one attached hydrogen (secondary N) is 1. The molecule has 2 aromatic carbocycles. The molecule has 0 amide bonds. The quantitative estimate of drug-likeness (QED) is 0.685. The van der Waals surface area contributed by atoms with Crippen molar-refractivity contribution in [1.29, 1.82) is 0 Å². The first-order valence-corrected chi connectivity index (χ1v) is 7.80. The fourth-order valence-electron chi connectivity index (χ4n) is 2.71. The van der Waals surface area contributed by atoms with Crippen LogP contribution >= 0.6 is 24.0 Å². The zero-order chi connectivity index (χ0) is 15.8. The predicted molar refractivity (Wildman–Crippen MR) is 99.5 cm³/mol. The fourth-order valence-corrected chi connectivity index (χ4v) is 2.88. The maximum absolute atomic E-state index is 6.14. The molecule has 0 unspecified atom stereocenters. The second-order valence-electron chi connectivity index (χ2n) is 5.46. The highest BCUT2D eigenvalue weighted by molar-refractivity contribution is 6.31. The number of aromatic nitrogens is 1. The molecule has 1 N–H and O–H groups in total. The third-order valence-electron chi connectivity index (χ3n) is 3.72. The number of hydrogen-bond donors (Lipinski definition) is 1. The van der Waals surface area contributed by atoms with Crippen molar-refractivity contribution < 1.29 is 9.47 Å². The van der Waals surface area contributed by atoms with Crippen molar-refractivity contribution in [3.05, 3.63) is 53.2 Å². The summed E-state index contributed by atoms with van der Waals surface area (Å²) in [7, 11) is 0. The summed E-state index contributed by atoms with van der Waals surface area (Å²) in [5.41, 5.74) is 3.75. The van der Waals surface area contributed by atoms with Gasteiger partial charge >= 0.3 is 0 Å². The first kappa shape index (κ1) is 16.7. The molecule has 0 aliphatic carbocycles. The van der Waals surface area contributed by atoms with Crippen molar-refractivity contribution in [2.45, 2.75) is 6.92 Å². The Hall–Kier alpha value is -2.17. The van der Waals surface area contributed by atoms with Gasteiger partial charge in [-0.05, 0) is 43.3 Å². The van der Waals surface area contributed by atoms with Gasteiger partial charge in [0.2, 0.25) is 0 Å². The molecule has 0 atom stereocenters. The van der Waals surface area contributed by atoms with Gasteiger partial charge in [0.25, 0.3) is 0 Å². The summed E-state index contributed by atoms with van der Waals surface area (Å²) in [6.07, 6.45) is 0. The second kappa shape index (κ2) is 6.75. The van der Waals surface area contributed by atoms with Gasteiger partial charge in [0.15, 0.2) is 11.5 Å². The van der Waals surface area contributed by atoms with E-state index in [0.717, 1.165) is 39.5 Å². The minimum absolute atomic E-state index is 0. The molecule has 0 fully saturated rings. The molecule has 6 heteroatoms. The molecule has 0 saturated heterocycles. The molecule has 0 saturated carbocycles. The van der Waals surface area contributed by atoms with Crippen LogP contribution in [0.25, 0.3) is 10.9 Å². The third-order valence-corrected chi connectivity index (χ3v) is 3.96. The first-order valence-electron chi connectivity index (χ1n) is 7.43. The van der Waals surface area contributed by atoms with E-state index >= 15 is 0 Å². The van der Waals surface area contributed by atoms with Crippen molar-refractivity contribution >= 4 is 46.3 Å². The topological polar surface area (TPSA) is 43.4 Å². The van der Waals surface area contributed by atoms with E-state index in [1.807, 2.05) is 49.4 Å². The van der Waals surface area contributed by atoms with E-state index < -0.39 is 0 Å². The third kappa shape index (κ3) is 3.21. The molecule has 4 rings (SSSR count). The lowest BCUT2D eigenvalue weighted by atomic mass is 10.1. The predicted octanol–water partition coefficient (Wildman–Crippen LogP) is 5.13. The Morgan fingerprint density at radius 1 is 1.00 bits per heavy atom. The number of fused-ring (bicyclic) bond motifs is 2. The Bertz CT molecular complexity index is 900. The lowest BCUT2D eigenvalue weighted by molar-refractivity contribution is 0.171. The van der Waals surface area contributed by atoms with Crippen LogP contribution in [0, 0.1) is 6.92 Å². The summed E-state index contributed by atoms with van der Waals surface area (Å²) in [6, 6.07) is 13.5. The lowest BCUT2D eigenvalue weighted by Crippen LogP contribution is -2.15. The van der Waals surface area contributed by atoms with Gasteiger partial charge in [0.05, 0.1) is 5.52 Å². The summed E-state index contributed by atoms with van der Waals surface area (Å²) in [6.45, 7) is 3.14. The smallest absolute Gasteiger partial charge is 0.163 e. The number of aryl methyl sites for hydroxylation is 1. The van der Waals surface area contributed by atoms with Crippen LogP contribution in [0.15, 0.2) is 42.5 Å². The number of nitrogens with zero attached hydrogens (tertiary/aromatic N) is 1. The van der Waals surface area contributed by atoms with Crippen molar-refractivity contribution in [1.82, 2.24) is 4.98 Å². The average molecular weight is 363 g/mol. The zero-order valence-electron chi connectivity index (χ0n) is 13.0. The van der Waals surface area contributed by atoms with E-state index in [4.69, 9.17) is 21.1 Å². The summed E-state index contributed by atoms with van der Waals surface area (Å²) in [4.78, 5) is 4.55. The highest BCUT2D eigenvalue weighted by Crippen LogP contribution is 2.35. The Morgan fingerprint density at radius 3 is 2.62 bits per heavy atom. The Kier molecular flexibility index (Phi) is 4.69. The molecule has 124 valence electrons. The van der Waals surface area contributed by atoms with Crippen molar-refractivity contribution in [2.75, 3.05) is 18.5 Å². The van der Waals surface area contributed by atoms with Crippen LogP contribution < -0.4 is 14.8 Å². The molecule has 4 nitrogen and oxygen atoms in total. The maximum atomic E-state index is 6.14. The number of benzene rings is 2. The summed E-state index contributed by atoms with van der Waals surface area (Å²) >= 11 is 6.14. The fraction of sp³-hybridized carbons (Fsp3) is 0.167. The summed E-state index contributed by atoms with van der Waals surface area (Å²) < 4.78 is 11.2. The molecular formula is C18H16Cl2N2O2. The first-order chi connectivity index (χ1) is 11.2. The molecular weight excluding hydrogens is 347 g/mol. The highest BCUT2D eigenvalue weighted by Gasteiger charge is 2.12. The van der Waals surface area contributed by atoms with Gasteiger partial charge in [0, 0.05) is 33.5 Å². The van der Waals surface area contributed by atoms with Crippen molar-refractivity contribution in [2.24, 2.45) is 0 Å². The Balaban J connectivity index is 0.00000169. The maximum Gasteiger partial charge on any atom is 0.163 e. The standard InChI is InChI=1S/C18H15ClN2O2.ClH/c1-11-8-16(14-9-12(19)2-4-15(14)20-11)21-13-3-5-17-18(10-13)23-7-6-22-17;/h2-5,8-10H,6-7H2,1H3,(H,20,21);1H. The number of ether oxygens (including phenoxy) is 2. The van der Waals surface area contributed by atoms with E-state index in [2.05, 4.69) is 10.3 Å². The SMILES string of the molecule is Cc1cc(Nc2ccc3c(c2)OCCO3)c2cc(Cl)ccc2n1.Cl. The number of rotatable bonds is 2. The molecule has 0 spiro atoms. The van der Waals surface area contributed by atoms with Gasteiger partial charge < -0.3 is 14.8 Å². The highest BCUT2D eigenvalue weighted by atomic mass is 35.5. The van der Waals surface area contributed by atoms with Crippen LogP contribution in [-0.4, -0.2) is 18.2 Å². The molecule has 2 heterocycles. The van der Waals surface area contributed by atoms with E-state index in [1.54, 1.807) is 0 Å². The van der Waals surface area contributed by atoms with Crippen LogP contribution in [0.4, 0.5) is 11.4 Å². The van der Waals surface area contributed by atoms with Gasteiger partial charge in [-0.1, -0.05) is 11.6 Å². The zero-order valence-corrected chi connectivity index (χ0v) is 14.6. The van der Waals surface area contributed by atoms with Crippen LogP contribution in [0.1, 0.15) is 5.69 Å². The summed E-state index contributed by atoms with van der Waals surface area (Å²) in [5.74, 6) is 1.54. The largest absolute Gasteiger partial charge is 0.486 e. The van der Waals surface area contributed by atoms with E-state index in [9.17, 15) is 0 Å². The van der Waals surface area contributed by atoms with E-state index in [1.165, 1.54) is 0 Å². The lowest BCUT2D eigenvalue weighted by Gasteiger charge is -2.19. The van der Waals surface area contributed by atoms with E-state index in [-0.39, 0.29) is 12.4 Å². The minimum Gasteiger partial charge on any atom is -0.486 e. The number of halogens is 2. The molecule has 3 aromatic rings. The second-order valence-corrected chi connectivity index (χ2v) is 5.89. The van der Waals surface area contributed by atoms with Crippen LogP contribution in [0.5, 0.6) is 11.5 Å². The molecule has 0 bridgehead atoms. The molecule has 1 aromatic heterocycles. The van der Waals surface area contributed by atoms with Crippen molar-refractivity contribution in [3.8, 4) is 11.5 Å². The van der Waals surface area contributed by atoms with Crippen LogP contribution in [0.2, 0.25) is 5.02 Å². The molecule has 0 radical (unpaired) electrons. The van der Waals surface area contributed by atoms with E-state index in [0.29, 0.717) is 18.2 Å². The van der Waals surface area contributed by atoms with Gasteiger partial charge in [-0.3, -0.25) is 4.98 Å². The monoisotopic (exact) mass is 362 g/mol. The van der Waals surface area contributed by atoms with Gasteiger partial charge in [-0.15, -0.1) is 12.4 Å². The van der Waals surface area contributed by atoms with Gasteiger partial charge in [0.1, 0.15) is 13.2 Å². The number of pyridine rings is 1. The number of anilines is 2. The van der Waals surface area contributed by atoms with Crippen LogP contribution in [-0.2, 0) is 0 Å². The summed E-state index contributed by atoms with van der Waals surface area (Å²) in [5, 5.41) is 5.10. The minimum atomic E-state index is 0. The van der Waals surface area contributed by atoms with Crippen molar-refractivity contribution in [3.63, 3.8) is 0 Å². The van der Waals surface area contributed by atoms with Gasteiger partial charge in [-0.25, -0.2) is 0 Å². The van der Waals surface area contributed by atoms with Gasteiger partial charge in [-0.2, -0.15) is 0 Å².